The van der Waals surface area contributed by atoms with Gasteiger partial charge in [0.05, 0.1) is 4.90 Å². The zero-order valence-electron chi connectivity index (χ0n) is 14.1. The van der Waals surface area contributed by atoms with Gasteiger partial charge in [-0.3, -0.25) is 14.9 Å². The first-order chi connectivity index (χ1) is 12.2. The van der Waals surface area contributed by atoms with Crippen LogP contribution in [0.5, 0.6) is 0 Å². The summed E-state index contributed by atoms with van der Waals surface area (Å²) >= 11 is 5.08. The van der Waals surface area contributed by atoms with Crippen molar-refractivity contribution >= 4 is 44.9 Å². The highest BCUT2D eigenvalue weighted by atomic mass is 32.2. The van der Waals surface area contributed by atoms with Crippen LogP contribution in [0.25, 0.3) is 0 Å². The number of nitrogens with one attached hydrogen (secondary N) is 3. The van der Waals surface area contributed by atoms with Gasteiger partial charge in [0.1, 0.15) is 0 Å². The molecule has 0 heterocycles. The second-order valence-corrected chi connectivity index (χ2v) is 7.55. The zero-order valence-corrected chi connectivity index (χ0v) is 15.7. The summed E-state index contributed by atoms with van der Waals surface area (Å²) < 4.78 is 25.6. The van der Waals surface area contributed by atoms with E-state index >= 15 is 0 Å². The Morgan fingerprint density at radius 2 is 1.54 bits per heavy atom. The third-order valence-corrected chi connectivity index (χ3v) is 4.89. The standard InChI is InChI=1S/C17H17N3O4S2/c1-11-3-5-13(6-4-11)16(22)19-17(25)18-14-7-9-15(10-8-14)26(23,24)20-12(2)21/h3-10H,1-2H3,(H,20,21)(H2,18,19,22,25). The molecule has 0 radical (unpaired) electrons. The number of hydrogen-bond acceptors (Lipinski definition) is 5. The molecule has 0 fully saturated rings. The van der Waals surface area contributed by atoms with Crippen molar-refractivity contribution < 1.29 is 18.0 Å². The van der Waals surface area contributed by atoms with E-state index in [-0.39, 0.29) is 15.9 Å². The molecule has 2 amide bonds. The summed E-state index contributed by atoms with van der Waals surface area (Å²) in [5.41, 5.74) is 1.99. The van der Waals surface area contributed by atoms with E-state index in [1.165, 1.54) is 24.3 Å². The zero-order chi connectivity index (χ0) is 19.3. The Labute approximate surface area is 156 Å². The smallest absolute Gasteiger partial charge is 0.264 e. The van der Waals surface area contributed by atoms with Gasteiger partial charge < -0.3 is 5.32 Å². The maximum absolute atomic E-state index is 12.1. The van der Waals surface area contributed by atoms with E-state index in [0.717, 1.165) is 12.5 Å². The topological polar surface area (TPSA) is 104 Å². The van der Waals surface area contributed by atoms with Crippen LogP contribution in [0.15, 0.2) is 53.4 Å². The van der Waals surface area contributed by atoms with Gasteiger partial charge in [0.15, 0.2) is 5.11 Å². The third-order valence-electron chi connectivity index (χ3n) is 3.24. The largest absolute Gasteiger partial charge is 0.332 e. The minimum Gasteiger partial charge on any atom is -0.332 e. The van der Waals surface area contributed by atoms with E-state index in [1.807, 2.05) is 23.8 Å². The average molecular weight is 391 g/mol. The molecule has 2 aromatic rings. The molecule has 0 aliphatic heterocycles. The van der Waals surface area contributed by atoms with Gasteiger partial charge in [-0.15, -0.1) is 0 Å². The van der Waals surface area contributed by atoms with Crippen LogP contribution in [-0.2, 0) is 14.8 Å². The highest BCUT2D eigenvalue weighted by molar-refractivity contribution is 7.90. The predicted octanol–water partition coefficient (Wildman–Crippen LogP) is 1.95. The Bertz CT molecular complexity index is 937. The molecule has 2 rings (SSSR count). The molecule has 26 heavy (non-hydrogen) atoms. The van der Waals surface area contributed by atoms with E-state index in [9.17, 15) is 18.0 Å². The van der Waals surface area contributed by atoms with Gasteiger partial charge in [-0.05, 0) is 55.5 Å². The summed E-state index contributed by atoms with van der Waals surface area (Å²) in [6, 6.07) is 12.6. The fourth-order valence-corrected chi connectivity index (χ4v) is 3.21. The van der Waals surface area contributed by atoms with Gasteiger partial charge in [-0.1, -0.05) is 17.7 Å². The normalized spacial score (nSPS) is 10.7. The fourth-order valence-electron chi connectivity index (χ4n) is 2.01. The molecule has 0 aliphatic carbocycles. The second kappa shape index (κ2) is 8.07. The van der Waals surface area contributed by atoms with Crippen LogP contribution in [0, 0.1) is 6.92 Å². The van der Waals surface area contributed by atoms with Crippen molar-refractivity contribution in [3.05, 3.63) is 59.7 Å². The molecular weight excluding hydrogens is 374 g/mol. The highest BCUT2D eigenvalue weighted by Gasteiger charge is 2.15. The summed E-state index contributed by atoms with van der Waals surface area (Å²) in [4.78, 5) is 22.9. The SMILES string of the molecule is CC(=O)NS(=O)(=O)c1ccc(NC(=S)NC(=O)c2ccc(C)cc2)cc1. The van der Waals surface area contributed by atoms with Crippen LogP contribution in [0.4, 0.5) is 5.69 Å². The monoisotopic (exact) mass is 391 g/mol. The Morgan fingerprint density at radius 1 is 0.962 bits per heavy atom. The molecule has 3 N–H and O–H groups in total. The lowest BCUT2D eigenvalue weighted by Crippen LogP contribution is -2.34. The number of amides is 2. The van der Waals surface area contributed by atoms with Crippen molar-refractivity contribution in [2.75, 3.05) is 5.32 Å². The van der Waals surface area contributed by atoms with E-state index in [4.69, 9.17) is 12.2 Å². The summed E-state index contributed by atoms with van der Waals surface area (Å²) in [6.07, 6.45) is 0. The molecule has 2 aromatic carbocycles. The maximum Gasteiger partial charge on any atom is 0.264 e. The molecule has 0 aliphatic rings. The van der Waals surface area contributed by atoms with Gasteiger partial charge >= 0.3 is 0 Å². The predicted molar refractivity (Wildman–Crippen MR) is 102 cm³/mol. The fraction of sp³-hybridized carbons (Fsp3) is 0.118. The molecule has 0 saturated heterocycles. The number of carbonyl (C=O) groups is 2. The molecule has 9 heteroatoms. The molecule has 0 atom stereocenters. The third kappa shape index (κ3) is 5.36. The minimum absolute atomic E-state index is 0.0622. The molecule has 7 nitrogen and oxygen atoms in total. The van der Waals surface area contributed by atoms with Crippen molar-refractivity contribution in [2.24, 2.45) is 0 Å². The summed E-state index contributed by atoms with van der Waals surface area (Å²) in [6.45, 7) is 3.03. The molecule has 0 bridgehead atoms. The number of aryl methyl sites for hydroxylation is 1. The summed E-state index contributed by atoms with van der Waals surface area (Å²) in [5.74, 6) is -1.03. The summed E-state index contributed by atoms with van der Waals surface area (Å²) in [7, 11) is -3.89. The lowest BCUT2D eigenvalue weighted by Gasteiger charge is -2.10. The number of sulfonamides is 1. The first kappa shape index (κ1) is 19.5. The Kier molecular flexibility index (Phi) is 6.06. The lowest BCUT2D eigenvalue weighted by molar-refractivity contribution is -0.117. The molecule has 0 unspecified atom stereocenters. The van der Waals surface area contributed by atoms with Crippen LogP contribution in [0.3, 0.4) is 0 Å². The Balaban J connectivity index is 2.00. The number of hydrogen-bond donors (Lipinski definition) is 3. The van der Waals surface area contributed by atoms with E-state index < -0.39 is 15.9 Å². The quantitative estimate of drug-likeness (QED) is 0.688. The first-order valence-electron chi connectivity index (χ1n) is 7.50. The van der Waals surface area contributed by atoms with Crippen LogP contribution in [0.1, 0.15) is 22.8 Å². The second-order valence-electron chi connectivity index (χ2n) is 5.46. The van der Waals surface area contributed by atoms with Crippen molar-refractivity contribution in [3.63, 3.8) is 0 Å². The molecule has 136 valence electrons. The highest BCUT2D eigenvalue weighted by Crippen LogP contribution is 2.14. The summed E-state index contributed by atoms with van der Waals surface area (Å²) in [5, 5.41) is 5.41. The lowest BCUT2D eigenvalue weighted by atomic mass is 10.1. The molecule has 0 saturated carbocycles. The molecule has 0 aromatic heterocycles. The van der Waals surface area contributed by atoms with E-state index in [2.05, 4.69) is 10.6 Å². The number of thiocarbonyl (C=S) groups is 1. The number of carbonyl (C=O) groups excluding carboxylic acids is 2. The Hall–Kier alpha value is -2.78. The van der Waals surface area contributed by atoms with Gasteiger partial charge in [0.2, 0.25) is 5.91 Å². The van der Waals surface area contributed by atoms with Crippen molar-refractivity contribution in [1.82, 2.24) is 10.0 Å². The molecule has 0 spiro atoms. The van der Waals surface area contributed by atoms with E-state index in [1.54, 1.807) is 12.1 Å². The van der Waals surface area contributed by atoms with Crippen LogP contribution < -0.4 is 15.4 Å². The van der Waals surface area contributed by atoms with Crippen LogP contribution >= 0.6 is 12.2 Å². The number of anilines is 1. The van der Waals surface area contributed by atoms with Crippen molar-refractivity contribution in [3.8, 4) is 0 Å². The number of benzene rings is 2. The minimum atomic E-state index is -3.89. The van der Waals surface area contributed by atoms with Gasteiger partial charge in [-0.2, -0.15) is 0 Å². The van der Waals surface area contributed by atoms with Crippen molar-refractivity contribution in [2.45, 2.75) is 18.7 Å². The first-order valence-corrected chi connectivity index (χ1v) is 9.39. The van der Waals surface area contributed by atoms with Crippen LogP contribution in [0.2, 0.25) is 0 Å². The Morgan fingerprint density at radius 3 is 2.08 bits per heavy atom. The molecular formula is C17H17N3O4S2. The van der Waals surface area contributed by atoms with E-state index in [0.29, 0.717) is 11.3 Å². The maximum atomic E-state index is 12.1. The average Bonchev–Trinajstić information content (AvgIpc) is 2.54. The van der Waals surface area contributed by atoms with Gasteiger partial charge in [0.25, 0.3) is 15.9 Å². The van der Waals surface area contributed by atoms with Crippen LogP contribution in [-0.4, -0.2) is 25.3 Å². The number of rotatable bonds is 4. The van der Waals surface area contributed by atoms with Gasteiger partial charge in [-0.25, -0.2) is 13.1 Å². The van der Waals surface area contributed by atoms with Crippen molar-refractivity contribution in [1.29, 1.82) is 0 Å². The van der Waals surface area contributed by atoms with Gasteiger partial charge in [0, 0.05) is 18.2 Å².